The normalized spacial score (nSPS) is 32.0. The van der Waals surface area contributed by atoms with E-state index < -0.39 is 0 Å². The number of fused-ring (bicyclic) bond motifs is 2. The van der Waals surface area contributed by atoms with Gasteiger partial charge in [-0.25, -0.2) is 0 Å². The van der Waals surface area contributed by atoms with Crippen LogP contribution in [0.4, 0.5) is 0 Å². The van der Waals surface area contributed by atoms with Gasteiger partial charge in [-0.3, -0.25) is 9.80 Å². The van der Waals surface area contributed by atoms with Gasteiger partial charge in [0.15, 0.2) is 0 Å². The van der Waals surface area contributed by atoms with Gasteiger partial charge in [0.25, 0.3) is 0 Å². The van der Waals surface area contributed by atoms with Crippen molar-refractivity contribution in [3.05, 3.63) is 0 Å². The summed E-state index contributed by atoms with van der Waals surface area (Å²) in [5.41, 5.74) is 0. The molecule has 3 fully saturated rings. The number of hydrogen-bond acceptors (Lipinski definition) is 2. The minimum absolute atomic E-state index is 0.846. The summed E-state index contributed by atoms with van der Waals surface area (Å²) in [4.78, 5) is 5.48. The van der Waals surface area contributed by atoms with Gasteiger partial charge in [0.05, 0.1) is 0 Å². The molecule has 88 valence electrons. The van der Waals surface area contributed by atoms with E-state index in [-0.39, 0.29) is 0 Å². The van der Waals surface area contributed by atoms with Crippen LogP contribution in [0.2, 0.25) is 0 Å². The van der Waals surface area contributed by atoms with E-state index in [9.17, 15) is 0 Å². The summed E-state index contributed by atoms with van der Waals surface area (Å²) in [6, 6.07) is 2.63. The van der Waals surface area contributed by atoms with Crippen molar-refractivity contribution in [3.63, 3.8) is 0 Å². The zero-order valence-corrected chi connectivity index (χ0v) is 10.6. The quantitative estimate of drug-likeness (QED) is 0.687. The minimum atomic E-state index is 0.846. The van der Waals surface area contributed by atoms with Crippen LogP contribution in [-0.4, -0.2) is 47.6 Å². The molecule has 0 amide bonds. The van der Waals surface area contributed by atoms with E-state index in [0.29, 0.717) is 0 Å². The Hall–Kier alpha value is -0.0800. The van der Waals surface area contributed by atoms with Crippen molar-refractivity contribution in [1.82, 2.24) is 9.80 Å². The fourth-order valence-corrected chi connectivity index (χ4v) is 3.45. The fourth-order valence-electron chi connectivity index (χ4n) is 3.45. The summed E-state index contributed by atoms with van der Waals surface area (Å²) in [6.07, 6.45) is 5.43. The van der Waals surface area contributed by atoms with Crippen LogP contribution in [-0.2, 0) is 0 Å². The fraction of sp³-hybridized carbons (Fsp3) is 1.00. The summed E-state index contributed by atoms with van der Waals surface area (Å²) in [5.74, 6) is 0. The van der Waals surface area contributed by atoms with E-state index in [2.05, 4.69) is 30.6 Å². The summed E-state index contributed by atoms with van der Waals surface area (Å²) in [5, 5.41) is 0. The molecular formula is C13H26N2. The summed E-state index contributed by atoms with van der Waals surface area (Å²) in [6.45, 7) is 11.0. The number of piperidine rings is 1. The first-order valence-electron chi connectivity index (χ1n) is 6.79. The molecule has 0 spiro atoms. The maximum atomic E-state index is 2.74. The predicted octanol–water partition coefficient (Wildman–Crippen LogP) is 2.34. The zero-order valence-electron chi connectivity index (χ0n) is 10.6. The molecule has 2 heteroatoms. The monoisotopic (exact) mass is 210 g/mol. The van der Waals surface area contributed by atoms with E-state index in [1.807, 2.05) is 0 Å². The minimum Gasteiger partial charge on any atom is -0.297 e. The summed E-state index contributed by atoms with van der Waals surface area (Å²) < 4.78 is 0. The van der Waals surface area contributed by atoms with Gasteiger partial charge < -0.3 is 0 Å². The van der Waals surface area contributed by atoms with Gasteiger partial charge in [0.1, 0.15) is 0 Å². The van der Waals surface area contributed by atoms with Crippen molar-refractivity contribution in [2.45, 2.75) is 64.6 Å². The second-order valence-corrected chi connectivity index (χ2v) is 5.21. The van der Waals surface area contributed by atoms with Crippen LogP contribution in [0.25, 0.3) is 0 Å². The van der Waals surface area contributed by atoms with Crippen LogP contribution >= 0.6 is 0 Å². The largest absolute Gasteiger partial charge is 0.297 e. The first-order valence-corrected chi connectivity index (χ1v) is 6.79. The predicted molar refractivity (Wildman–Crippen MR) is 65.1 cm³/mol. The Kier molecular flexibility index (Phi) is 3.68. The second kappa shape index (κ2) is 4.84. The molecule has 0 aromatic heterocycles. The molecule has 0 aliphatic carbocycles. The molecule has 3 aliphatic heterocycles. The van der Waals surface area contributed by atoms with Crippen molar-refractivity contribution < 1.29 is 0 Å². The highest BCUT2D eigenvalue weighted by Gasteiger charge is 2.44. The molecule has 0 aromatic carbocycles. The number of piperazine rings is 1. The highest BCUT2D eigenvalue weighted by atomic mass is 15.4. The zero-order chi connectivity index (χ0) is 10.8. The third kappa shape index (κ3) is 2.07. The second-order valence-electron chi connectivity index (χ2n) is 5.21. The van der Waals surface area contributed by atoms with Crippen molar-refractivity contribution in [2.24, 2.45) is 0 Å². The van der Waals surface area contributed by atoms with Crippen molar-refractivity contribution in [1.29, 1.82) is 0 Å². The highest BCUT2D eigenvalue weighted by molar-refractivity contribution is 5.01. The molecule has 3 rings (SSSR count). The molecule has 0 N–H and O–H groups in total. The van der Waals surface area contributed by atoms with Crippen LogP contribution in [0.1, 0.15) is 46.5 Å². The van der Waals surface area contributed by atoms with Gasteiger partial charge >= 0.3 is 0 Å². The molecule has 0 radical (unpaired) electrons. The Labute approximate surface area is 94.6 Å². The van der Waals surface area contributed by atoms with E-state index in [4.69, 9.17) is 0 Å². The molecular weight excluding hydrogens is 184 g/mol. The summed E-state index contributed by atoms with van der Waals surface area (Å²) >= 11 is 0. The highest BCUT2D eigenvalue weighted by Crippen LogP contribution is 2.33. The van der Waals surface area contributed by atoms with Gasteiger partial charge in [-0.1, -0.05) is 20.8 Å². The van der Waals surface area contributed by atoms with Crippen LogP contribution in [0.3, 0.4) is 0 Å². The Morgan fingerprint density at radius 1 is 1.07 bits per heavy atom. The van der Waals surface area contributed by atoms with Gasteiger partial charge in [-0.05, 0) is 32.2 Å². The Bertz CT molecular complexity index is 189. The maximum absolute atomic E-state index is 2.74. The van der Waals surface area contributed by atoms with Gasteiger partial charge in [0, 0.05) is 31.2 Å². The molecule has 3 heterocycles. The Balaban J connectivity index is 1.86. The average molecular weight is 210 g/mol. The maximum Gasteiger partial charge on any atom is 0.0242 e. The molecule has 3 saturated heterocycles. The Morgan fingerprint density at radius 2 is 1.67 bits per heavy atom. The molecule has 3 aliphatic rings. The van der Waals surface area contributed by atoms with Crippen molar-refractivity contribution in [2.75, 3.05) is 19.6 Å². The molecule has 15 heavy (non-hydrogen) atoms. The Morgan fingerprint density at radius 3 is 2.13 bits per heavy atom. The van der Waals surface area contributed by atoms with Crippen molar-refractivity contribution >= 4 is 0 Å². The molecule has 2 nitrogen and oxygen atoms in total. The lowest BCUT2D eigenvalue weighted by atomic mass is 9.86. The third-order valence-corrected chi connectivity index (χ3v) is 4.31. The molecule has 0 aromatic rings. The number of rotatable bonds is 5. The topological polar surface area (TPSA) is 6.48 Å². The average Bonchev–Trinajstić information content (AvgIpc) is 2.28. The molecule has 2 bridgehead atoms. The lowest BCUT2D eigenvalue weighted by molar-refractivity contribution is -0.0824. The first kappa shape index (κ1) is 11.4. The molecule has 2 atom stereocenters. The number of nitrogens with zero attached hydrogens (tertiary/aromatic N) is 2. The van der Waals surface area contributed by atoms with Gasteiger partial charge in [0.2, 0.25) is 0 Å². The van der Waals surface area contributed by atoms with Crippen LogP contribution in [0.5, 0.6) is 0 Å². The van der Waals surface area contributed by atoms with E-state index in [1.165, 1.54) is 45.3 Å². The first-order chi connectivity index (χ1) is 7.30. The third-order valence-electron chi connectivity index (χ3n) is 4.31. The smallest absolute Gasteiger partial charge is 0.0242 e. The van der Waals surface area contributed by atoms with E-state index >= 15 is 0 Å². The lowest BCUT2D eigenvalue weighted by Gasteiger charge is -2.58. The van der Waals surface area contributed by atoms with Crippen LogP contribution in [0.15, 0.2) is 0 Å². The van der Waals surface area contributed by atoms with E-state index in [0.717, 1.165) is 18.1 Å². The lowest BCUT2D eigenvalue weighted by Crippen LogP contribution is -2.69. The van der Waals surface area contributed by atoms with Crippen LogP contribution < -0.4 is 0 Å². The van der Waals surface area contributed by atoms with E-state index in [1.54, 1.807) is 0 Å². The number of hydrogen-bond donors (Lipinski definition) is 0. The summed E-state index contributed by atoms with van der Waals surface area (Å²) in [7, 11) is 0. The standard InChI is InChI=1S/C13H26N2/c1-4-7-15-12-8-13(15)10-14(9-12)11(5-2)6-3/h11-13H,4-10H2,1-3H3. The van der Waals surface area contributed by atoms with Gasteiger partial charge in [-0.15, -0.1) is 0 Å². The van der Waals surface area contributed by atoms with Gasteiger partial charge in [-0.2, -0.15) is 0 Å². The molecule has 0 saturated carbocycles. The van der Waals surface area contributed by atoms with Crippen molar-refractivity contribution in [3.8, 4) is 0 Å². The SMILES string of the molecule is CCCN1C2CC1CN(C(CC)CC)C2. The van der Waals surface area contributed by atoms with Crippen LogP contribution in [0, 0.1) is 0 Å². The molecule has 2 unspecified atom stereocenters.